The van der Waals surface area contributed by atoms with Gasteiger partial charge in [0.05, 0.1) is 0 Å². The Morgan fingerprint density at radius 3 is 3.06 bits per heavy atom. The maximum Gasteiger partial charge on any atom is 0.303 e. The van der Waals surface area contributed by atoms with Crippen LogP contribution in [0.1, 0.15) is 25.5 Å². The summed E-state index contributed by atoms with van der Waals surface area (Å²) in [6, 6.07) is 3.43. The lowest BCUT2D eigenvalue weighted by molar-refractivity contribution is -0.138. The summed E-state index contributed by atoms with van der Waals surface area (Å²) in [7, 11) is 0. The van der Waals surface area contributed by atoms with E-state index in [4.69, 9.17) is 10.4 Å². The van der Waals surface area contributed by atoms with E-state index >= 15 is 0 Å². The molecule has 6 nitrogen and oxygen atoms in total. The molecule has 0 saturated heterocycles. The smallest absolute Gasteiger partial charge is 0.303 e. The van der Waals surface area contributed by atoms with Gasteiger partial charge in [-0.3, -0.25) is 4.79 Å². The molecule has 1 aromatic heterocycles. The summed E-state index contributed by atoms with van der Waals surface area (Å²) < 4.78 is 0. The van der Waals surface area contributed by atoms with Crippen molar-refractivity contribution in [2.24, 2.45) is 5.92 Å². The van der Waals surface area contributed by atoms with Gasteiger partial charge < -0.3 is 10.4 Å². The van der Waals surface area contributed by atoms with Crippen LogP contribution in [0.5, 0.6) is 0 Å². The molecule has 2 N–H and O–H groups in total. The average molecular weight is 234 g/mol. The van der Waals surface area contributed by atoms with Gasteiger partial charge in [-0.15, -0.1) is 0 Å². The molecule has 0 aliphatic carbocycles. The molecule has 1 heterocycles. The molecule has 0 radical (unpaired) electrons. The summed E-state index contributed by atoms with van der Waals surface area (Å²) in [5, 5.41) is 20.3. The zero-order valence-electron chi connectivity index (χ0n) is 9.55. The zero-order valence-corrected chi connectivity index (χ0v) is 9.55. The van der Waals surface area contributed by atoms with Gasteiger partial charge in [0.25, 0.3) is 0 Å². The number of nitriles is 1. The average Bonchev–Trinajstić information content (AvgIpc) is 2.34. The van der Waals surface area contributed by atoms with E-state index in [1.54, 1.807) is 0 Å². The van der Waals surface area contributed by atoms with Crippen LogP contribution in [0, 0.1) is 17.2 Å². The Labute approximate surface area is 99.3 Å². The Morgan fingerprint density at radius 2 is 2.47 bits per heavy atom. The molecule has 0 bridgehead atoms. The van der Waals surface area contributed by atoms with Crippen molar-refractivity contribution >= 4 is 11.9 Å². The second kappa shape index (κ2) is 6.43. The van der Waals surface area contributed by atoms with E-state index in [1.165, 1.54) is 12.3 Å². The molecule has 1 atom stereocenters. The van der Waals surface area contributed by atoms with Crippen LogP contribution in [0.4, 0.5) is 5.95 Å². The molecule has 0 aliphatic rings. The first-order valence-corrected chi connectivity index (χ1v) is 5.34. The minimum absolute atomic E-state index is 0.0295. The van der Waals surface area contributed by atoms with E-state index < -0.39 is 5.97 Å². The summed E-state index contributed by atoms with van der Waals surface area (Å²) in [5.74, 6) is -0.430. The van der Waals surface area contributed by atoms with Crippen molar-refractivity contribution < 1.29 is 9.90 Å². The van der Waals surface area contributed by atoms with Crippen molar-refractivity contribution in [3.63, 3.8) is 0 Å². The molecule has 0 fully saturated rings. The summed E-state index contributed by atoms with van der Waals surface area (Å²) in [4.78, 5) is 18.5. The van der Waals surface area contributed by atoms with Gasteiger partial charge in [-0.1, -0.05) is 13.3 Å². The molecule has 6 heteroatoms. The van der Waals surface area contributed by atoms with E-state index in [-0.39, 0.29) is 18.0 Å². The fraction of sp³-hybridized carbons (Fsp3) is 0.455. The number of aromatic nitrogens is 2. The van der Waals surface area contributed by atoms with Gasteiger partial charge >= 0.3 is 5.97 Å². The number of rotatable bonds is 6. The highest BCUT2D eigenvalue weighted by atomic mass is 16.4. The van der Waals surface area contributed by atoms with Crippen molar-refractivity contribution in [1.82, 2.24) is 9.97 Å². The Hall–Kier alpha value is -2.16. The number of nitrogens with one attached hydrogen (secondary N) is 1. The van der Waals surface area contributed by atoms with Gasteiger partial charge in [-0.05, 0) is 12.0 Å². The van der Waals surface area contributed by atoms with Gasteiger partial charge in [0.2, 0.25) is 5.95 Å². The summed E-state index contributed by atoms with van der Waals surface area (Å²) in [6.45, 7) is 2.42. The van der Waals surface area contributed by atoms with Crippen LogP contribution in [0.3, 0.4) is 0 Å². The topological polar surface area (TPSA) is 98.9 Å². The third kappa shape index (κ3) is 4.47. The van der Waals surface area contributed by atoms with E-state index in [0.29, 0.717) is 12.5 Å². The highest BCUT2D eigenvalue weighted by Crippen LogP contribution is 2.09. The Kier molecular flexibility index (Phi) is 4.88. The summed E-state index contributed by atoms with van der Waals surface area (Å²) in [5.41, 5.74) is 0.286. The van der Waals surface area contributed by atoms with E-state index in [0.717, 1.165) is 6.42 Å². The summed E-state index contributed by atoms with van der Waals surface area (Å²) >= 11 is 0. The van der Waals surface area contributed by atoms with Gasteiger partial charge in [0.15, 0.2) is 0 Å². The molecule has 0 aliphatic heterocycles. The number of hydrogen-bond donors (Lipinski definition) is 2. The van der Waals surface area contributed by atoms with Crippen molar-refractivity contribution in [3.8, 4) is 6.07 Å². The number of anilines is 1. The lowest BCUT2D eigenvalue weighted by Crippen LogP contribution is -2.18. The highest BCUT2D eigenvalue weighted by molar-refractivity contribution is 5.67. The minimum atomic E-state index is -0.814. The van der Waals surface area contributed by atoms with Gasteiger partial charge in [0, 0.05) is 19.2 Å². The molecule has 17 heavy (non-hydrogen) atoms. The first-order valence-electron chi connectivity index (χ1n) is 5.34. The van der Waals surface area contributed by atoms with Crippen LogP contribution in [0.25, 0.3) is 0 Å². The maximum absolute atomic E-state index is 10.6. The molecule has 0 spiro atoms. The second-order valence-electron chi connectivity index (χ2n) is 3.63. The molecule has 90 valence electrons. The van der Waals surface area contributed by atoms with Gasteiger partial charge in [-0.25, -0.2) is 9.97 Å². The third-order valence-electron chi connectivity index (χ3n) is 2.36. The van der Waals surface area contributed by atoms with Crippen LogP contribution >= 0.6 is 0 Å². The minimum Gasteiger partial charge on any atom is -0.481 e. The molecule has 1 unspecified atom stereocenters. The fourth-order valence-corrected chi connectivity index (χ4v) is 1.35. The Balaban J connectivity index is 2.53. The van der Waals surface area contributed by atoms with Crippen LogP contribution in [0.15, 0.2) is 12.3 Å². The first kappa shape index (κ1) is 12.9. The number of hydrogen-bond acceptors (Lipinski definition) is 5. The van der Waals surface area contributed by atoms with Gasteiger partial charge in [-0.2, -0.15) is 5.26 Å². The third-order valence-corrected chi connectivity index (χ3v) is 2.36. The number of carbonyl (C=O) groups is 1. The highest BCUT2D eigenvalue weighted by Gasteiger charge is 2.11. The quantitative estimate of drug-likeness (QED) is 0.768. The second-order valence-corrected chi connectivity index (χ2v) is 3.63. The standard InChI is InChI=1S/C11H14N4O2/c1-2-8(5-10(16)17)7-14-11-13-4-3-9(6-12)15-11/h3-4,8H,2,5,7H2,1H3,(H,16,17)(H,13,14,15). The maximum atomic E-state index is 10.6. The van der Waals surface area contributed by atoms with Crippen LogP contribution in [-0.2, 0) is 4.79 Å². The number of carboxylic acid groups (broad SMARTS) is 1. The van der Waals surface area contributed by atoms with Crippen molar-refractivity contribution in [1.29, 1.82) is 5.26 Å². The van der Waals surface area contributed by atoms with E-state index in [1.807, 2.05) is 13.0 Å². The molecular weight excluding hydrogens is 220 g/mol. The molecule has 0 aromatic carbocycles. The predicted octanol–water partition coefficient (Wildman–Crippen LogP) is 1.26. The Morgan fingerprint density at radius 1 is 1.71 bits per heavy atom. The van der Waals surface area contributed by atoms with Crippen LogP contribution < -0.4 is 5.32 Å². The van der Waals surface area contributed by atoms with Crippen molar-refractivity contribution in [3.05, 3.63) is 18.0 Å². The predicted molar refractivity (Wildman–Crippen MR) is 61.3 cm³/mol. The van der Waals surface area contributed by atoms with Crippen LogP contribution in [0.2, 0.25) is 0 Å². The lowest BCUT2D eigenvalue weighted by atomic mass is 10.0. The zero-order chi connectivity index (χ0) is 12.7. The number of aliphatic carboxylic acids is 1. The Bertz CT molecular complexity index is 428. The number of nitrogens with zero attached hydrogens (tertiary/aromatic N) is 3. The van der Waals surface area contributed by atoms with Crippen LogP contribution in [-0.4, -0.2) is 27.6 Å². The van der Waals surface area contributed by atoms with Crippen molar-refractivity contribution in [2.75, 3.05) is 11.9 Å². The molecule has 0 saturated carbocycles. The molecule has 1 rings (SSSR count). The van der Waals surface area contributed by atoms with Gasteiger partial charge in [0.1, 0.15) is 11.8 Å². The molecule has 1 aromatic rings. The fourth-order valence-electron chi connectivity index (χ4n) is 1.35. The molecular formula is C11H14N4O2. The largest absolute Gasteiger partial charge is 0.481 e. The van der Waals surface area contributed by atoms with E-state index in [9.17, 15) is 4.79 Å². The summed E-state index contributed by atoms with van der Waals surface area (Å²) in [6.07, 6.45) is 2.37. The molecule has 0 amide bonds. The number of carboxylic acids is 1. The normalized spacial score (nSPS) is 11.5. The first-order chi connectivity index (χ1) is 8.15. The lowest BCUT2D eigenvalue weighted by Gasteiger charge is -2.12. The monoisotopic (exact) mass is 234 g/mol. The van der Waals surface area contributed by atoms with E-state index in [2.05, 4.69) is 15.3 Å². The SMILES string of the molecule is CCC(CNc1nccc(C#N)n1)CC(=O)O. The van der Waals surface area contributed by atoms with Crippen molar-refractivity contribution in [2.45, 2.75) is 19.8 Å².